The van der Waals surface area contributed by atoms with Crippen LogP contribution in [0.1, 0.15) is 51.4 Å². The number of nitrogens with one attached hydrogen (secondary N) is 1. The largest absolute Gasteiger partial charge is 0.462 e. The van der Waals surface area contributed by atoms with E-state index in [0.29, 0.717) is 42.1 Å². The minimum atomic E-state index is -0.389. The number of amides is 1. The van der Waals surface area contributed by atoms with Crippen molar-refractivity contribution in [3.8, 4) is 0 Å². The fourth-order valence-corrected chi connectivity index (χ4v) is 3.78. The monoisotopic (exact) mass is 402 g/mol. The zero-order valence-electron chi connectivity index (χ0n) is 16.6. The van der Waals surface area contributed by atoms with Crippen molar-refractivity contribution in [2.75, 3.05) is 11.9 Å². The van der Waals surface area contributed by atoms with Crippen LogP contribution in [0.2, 0.25) is 0 Å². The lowest BCUT2D eigenvalue weighted by Gasteiger charge is -2.11. The normalized spacial score (nSPS) is 14.8. The van der Waals surface area contributed by atoms with Crippen LogP contribution in [0.25, 0.3) is 0 Å². The molecule has 6 heteroatoms. The summed E-state index contributed by atoms with van der Waals surface area (Å²) in [6, 6.07) is 19.4. The third-order valence-corrected chi connectivity index (χ3v) is 5.26. The standard InChI is InChI=1S/C24H22N2O4/c1-2-30-24(29)17-8-10-18(11-9-17)25-23(28)19-14-15-26-20(19)12-13-21(26)22(27)16-6-4-3-5-7-16/h3-13,19H,2,14-15H2,1H3,(H,25,28). The fourth-order valence-electron chi connectivity index (χ4n) is 3.78. The fraction of sp³-hybridized carbons (Fsp3) is 0.208. The number of carbonyl (C=O) groups is 3. The van der Waals surface area contributed by atoms with E-state index in [4.69, 9.17) is 4.74 Å². The molecule has 0 fully saturated rings. The van der Waals surface area contributed by atoms with Crippen molar-refractivity contribution in [3.05, 3.63) is 89.2 Å². The molecule has 0 radical (unpaired) electrons. The third kappa shape index (κ3) is 3.76. The van der Waals surface area contributed by atoms with Gasteiger partial charge in [0.1, 0.15) is 0 Å². The molecule has 0 saturated heterocycles. The highest BCUT2D eigenvalue weighted by atomic mass is 16.5. The summed E-state index contributed by atoms with van der Waals surface area (Å²) in [4.78, 5) is 37.4. The Balaban J connectivity index is 1.47. The Morgan fingerprint density at radius 3 is 2.40 bits per heavy atom. The van der Waals surface area contributed by atoms with Crippen molar-refractivity contribution < 1.29 is 19.1 Å². The molecule has 2 aromatic carbocycles. The van der Waals surface area contributed by atoms with Gasteiger partial charge in [-0.3, -0.25) is 9.59 Å². The van der Waals surface area contributed by atoms with E-state index in [-0.39, 0.29) is 23.6 Å². The first-order valence-corrected chi connectivity index (χ1v) is 9.95. The van der Waals surface area contributed by atoms with Gasteiger partial charge in [0.25, 0.3) is 0 Å². The summed E-state index contributed by atoms with van der Waals surface area (Å²) in [6.45, 7) is 2.69. The van der Waals surface area contributed by atoms with Crippen LogP contribution < -0.4 is 5.32 Å². The maximum atomic E-state index is 12.8. The predicted octanol–water partition coefficient (Wildman–Crippen LogP) is 4.02. The van der Waals surface area contributed by atoms with Gasteiger partial charge >= 0.3 is 5.97 Å². The van der Waals surface area contributed by atoms with Crippen molar-refractivity contribution in [2.24, 2.45) is 0 Å². The van der Waals surface area contributed by atoms with Crippen LogP contribution in [0.15, 0.2) is 66.7 Å². The van der Waals surface area contributed by atoms with E-state index in [1.807, 2.05) is 28.8 Å². The van der Waals surface area contributed by atoms with Gasteiger partial charge in [-0.1, -0.05) is 30.3 Å². The van der Waals surface area contributed by atoms with Gasteiger partial charge in [-0.05, 0) is 49.7 Å². The number of carbonyl (C=O) groups excluding carboxylic acids is 3. The molecule has 1 aromatic heterocycles. The quantitative estimate of drug-likeness (QED) is 0.499. The van der Waals surface area contributed by atoms with E-state index in [1.54, 1.807) is 49.4 Å². The van der Waals surface area contributed by atoms with Gasteiger partial charge < -0.3 is 14.6 Å². The number of hydrogen-bond donors (Lipinski definition) is 1. The molecule has 4 rings (SSSR count). The molecule has 1 aliphatic heterocycles. The molecule has 6 nitrogen and oxygen atoms in total. The second-order valence-corrected chi connectivity index (χ2v) is 7.12. The van der Waals surface area contributed by atoms with Gasteiger partial charge in [0.15, 0.2) is 0 Å². The van der Waals surface area contributed by atoms with Gasteiger partial charge in [-0.2, -0.15) is 0 Å². The summed E-state index contributed by atoms with van der Waals surface area (Å²) in [7, 11) is 0. The molecule has 1 N–H and O–H groups in total. The highest BCUT2D eigenvalue weighted by molar-refractivity contribution is 6.08. The molecule has 0 saturated carbocycles. The van der Waals surface area contributed by atoms with Crippen LogP contribution in [0.3, 0.4) is 0 Å². The van der Waals surface area contributed by atoms with Gasteiger partial charge in [0.2, 0.25) is 11.7 Å². The first kappa shape index (κ1) is 19.6. The molecule has 1 unspecified atom stereocenters. The van der Waals surface area contributed by atoms with E-state index in [0.717, 1.165) is 5.69 Å². The Morgan fingerprint density at radius 1 is 0.967 bits per heavy atom. The Kier molecular flexibility index (Phi) is 5.48. The number of hydrogen-bond acceptors (Lipinski definition) is 4. The maximum Gasteiger partial charge on any atom is 0.338 e. The van der Waals surface area contributed by atoms with Crippen LogP contribution >= 0.6 is 0 Å². The number of nitrogens with zero attached hydrogens (tertiary/aromatic N) is 1. The van der Waals surface area contributed by atoms with E-state index in [2.05, 4.69) is 5.32 Å². The van der Waals surface area contributed by atoms with Crippen molar-refractivity contribution >= 4 is 23.3 Å². The zero-order valence-corrected chi connectivity index (χ0v) is 16.6. The van der Waals surface area contributed by atoms with E-state index in [1.165, 1.54) is 0 Å². The van der Waals surface area contributed by atoms with Crippen LogP contribution in [0.4, 0.5) is 5.69 Å². The minimum Gasteiger partial charge on any atom is -0.462 e. The number of benzene rings is 2. The van der Waals surface area contributed by atoms with Crippen molar-refractivity contribution in [2.45, 2.75) is 25.8 Å². The minimum absolute atomic E-state index is 0.0440. The molecule has 1 aliphatic rings. The Morgan fingerprint density at radius 2 is 1.70 bits per heavy atom. The molecule has 0 spiro atoms. The van der Waals surface area contributed by atoms with Crippen molar-refractivity contribution in [1.82, 2.24) is 4.57 Å². The van der Waals surface area contributed by atoms with Crippen molar-refractivity contribution in [1.29, 1.82) is 0 Å². The number of aromatic nitrogens is 1. The lowest BCUT2D eigenvalue weighted by atomic mass is 10.0. The summed E-state index contributed by atoms with van der Waals surface area (Å²) in [5, 5.41) is 2.90. The lowest BCUT2D eigenvalue weighted by molar-refractivity contribution is -0.117. The molecular formula is C24H22N2O4. The number of esters is 1. The first-order valence-electron chi connectivity index (χ1n) is 9.95. The Labute approximate surface area is 174 Å². The topological polar surface area (TPSA) is 77.4 Å². The Bertz CT molecular complexity index is 1080. The van der Waals surface area contributed by atoms with Gasteiger partial charge in [-0.25, -0.2) is 4.79 Å². The van der Waals surface area contributed by atoms with Crippen LogP contribution in [-0.4, -0.2) is 28.8 Å². The second kappa shape index (κ2) is 8.37. The molecule has 152 valence electrons. The van der Waals surface area contributed by atoms with Crippen LogP contribution in [0.5, 0.6) is 0 Å². The summed E-state index contributed by atoms with van der Waals surface area (Å²) in [6.07, 6.45) is 0.637. The molecule has 0 bridgehead atoms. The number of ketones is 1. The van der Waals surface area contributed by atoms with Crippen LogP contribution in [0, 0.1) is 0 Å². The third-order valence-electron chi connectivity index (χ3n) is 5.26. The second-order valence-electron chi connectivity index (χ2n) is 7.12. The lowest BCUT2D eigenvalue weighted by Crippen LogP contribution is -2.19. The van der Waals surface area contributed by atoms with E-state index >= 15 is 0 Å². The maximum absolute atomic E-state index is 12.8. The highest BCUT2D eigenvalue weighted by Gasteiger charge is 2.32. The molecule has 1 atom stereocenters. The summed E-state index contributed by atoms with van der Waals surface area (Å²) >= 11 is 0. The number of ether oxygens (including phenoxy) is 1. The first-order chi connectivity index (χ1) is 14.6. The molecule has 1 amide bonds. The summed E-state index contributed by atoms with van der Waals surface area (Å²) in [5.41, 5.74) is 3.13. The average Bonchev–Trinajstić information content (AvgIpc) is 3.37. The molecule has 0 aliphatic carbocycles. The zero-order chi connectivity index (χ0) is 21.1. The van der Waals surface area contributed by atoms with Crippen molar-refractivity contribution in [3.63, 3.8) is 0 Å². The number of anilines is 1. The molecular weight excluding hydrogens is 380 g/mol. The van der Waals surface area contributed by atoms with Crippen LogP contribution in [-0.2, 0) is 16.1 Å². The van der Waals surface area contributed by atoms with E-state index < -0.39 is 0 Å². The summed E-state index contributed by atoms with van der Waals surface area (Å²) in [5.74, 6) is -0.890. The number of rotatable bonds is 6. The molecule has 3 aromatic rings. The highest BCUT2D eigenvalue weighted by Crippen LogP contribution is 2.32. The van der Waals surface area contributed by atoms with Gasteiger partial charge in [0.05, 0.1) is 23.8 Å². The number of fused-ring (bicyclic) bond motifs is 1. The smallest absolute Gasteiger partial charge is 0.338 e. The Hall–Kier alpha value is -3.67. The predicted molar refractivity (Wildman–Crippen MR) is 113 cm³/mol. The SMILES string of the molecule is CCOC(=O)c1ccc(NC(=O)C2CCn3c(C(=O)c4ccccc4)ccc32)cc1. The van der Waals surface area contributed by atoms with Gasteiger partial charge in [0, 0.05) is 23.5 Å². The molecule has 2 heterocycles. The summed E-state index contributed by atoms with van der Waals surface area (Å²) < 4.78 is 6.90. The van der Waals surface area contributed by atoms with E-state index in [9.17, 15) is 14.4 Å². The average molecular weight is 402 g/mol. The molecule has 30 heavy (non-hydrogen) atoms. The van der Waals surface area contributed by atoms with Gasteiger partial charge in [-0.15, -0.1) is 0 Å².